The smallest absolute Gasteiger partial charge is 0.115 e. The van der Waals surface area contributed by atoms with Crippen molar-refractivity contribution in [2.45, 2.75) is 6.92 Å². The summed E-state index contributed by atoms with van der Waals surface area (Å²) >= 11 is 0. The van der Waals surface area contributed by atoms with Crippen molar-refractivity contribution >= 4 is 0 Å². The van der Waals surface area contributed by atoms with Crippen LogP contribution >= 0.6 is 0 Å². The minimum atomic E-state index is 0.477. The van der Waals surface area contributed by atoms with Gasteiger partial charge in [0.1, 0.15) is 5.76 Å². The van der Waals surface area contributed by atoms with Crippen LogP contribution in [0.4, 0.5) is 0 Å². The highest BCUT2D eigenvalue weighted by atomic mass is 16.7. The molecule has 0 aromatic heterocycles. The molecule has 0 aliphatic carbocycles. The van der Waals surface area contributed by atoms with E-state index >= 15 is 0 Å². The van der Waals surface area contributed by atoms with Crippen LogP contribution in [0.25, 0.3) is 0 Å². The van der Waals surface area contributed by atoms with Gasteiger partial charge in [-0.2, -0.15) is 0 Å². The molecule has 0 aromatic rings. The number of hydroxylamine groups is 1. The van der Waals surface area contributed by atoms with Crippen molar-refractivity contribution in [3.63, 3.8) is 0 Å². The summed E-state index contributed by atoms with van der Waals surface area (Å²) in [5, 5.41) is 0. The van der Waals surface area contributed by atoms with Crippen molar-refractivity contribution in [3.05, 3.63) is 11.5 Å². The zero-order chi connectivity index (χ0) is 6.27. The normalized spacial score (nSPS) is 31.9. The van der Waals surface area contributed by atoms with E-state index in [0.717, 1.165) is 24.7 Å². The molecule has 1 atom stereocenters. The average molecular weight is 127 g/mol. The summed E-state index contributed by atoms with van der Waals surface area (Å²) in [4.78, 5) is 4.99. The summed E-state index contributed by atoms with van der Waals surface area (Å²) < 4.78 is 5.26. The van der Waals surface area contributed by atoms with Crippen LogP contribution < -0.4 is 5.48 Å². The summed E-state index contributed by atoms with van der Waals surface area (Å²) in [7, 11) is 0. The van der Waals surface area contributed by atoms with E-state index in [1.54, 1.807) is 0 Å². The third kappa shape index (κ3) is 0.612. The predicted octanol–water partition coefficient (Wildman–Crippen LogP) is 0.399. The molecule has 0 amide bonds. The number of ether oxygens (including phenoxy) is 1. The van der Waals surface area contributed by atoms with Gasteiger partial charge in [0.05, 0.1) is 24.8 Å². The molecule has 2 rings (SSSR count). The van der Waals surface area contributed by atoms with Gasteiger partial charge < -0.3 is 4.74 Å². The molecule has 0 radical (unpaired) electrons. The lowest BCUT2D eigenvalue weighted by Crippen LogP contribution is -2.03. The first-order chi connectivity index (χ1) is 4.38. The molecule has 1 fully saturated rings. The number of nitrogens with one attached hydrogen (secondary N) is 1. The molecule has 2 aliphatic heterocycles. The quantitative estimate of drug-likeness (QED) is 0.511. The van der Waals surface area contributed by atoms with E-state index in [4.69, 9.17) is 9.57 Å². The van der Waals surface area contributed by atoms with Crippen LogP contribution in [-0.2, 0) is 9.57 Å². The Hall–Kier alpha value is -0.700. The Kier molecular flexibility index (Phi) is 0.931. The molecule has 0 spiro atoms. The largest absolute Gasteiger partial charge is 0.496 e. The van der Waals surface area contributed by atoms with E-state index < -0.39 is 0 Å². The number of allylic oxidation sites excluding steroid dienone is 1. The van der Waals surface area contributed by atoms with Gasteiger partial charge in [0.25, 0.3) is 0 Å². The highest BCUT2D eigenvalue weighted by molar-refractivity contribution is 5.14. The summed E-state index contributed by atoms with van der Waals surface area (Å²) in [5.74, 6) is 1.46. The topological polar surface area (TPSA) is 30.5 Å². The fourth-order valence-electron chi connectivity index (χ4n) is 1.18. The van der Waals surface area contributed by atoms with Crippen LogP contribution in [0.2, 0.25) is 0 Å². The van der Waals surface area contributed by atoms with Crippen LogP contribution in [0.3, 0.4) is 0 Å². The maximum absolute atomic E-state index is 5.26. The molecule has 0 unspecified atom stereocenters. The molecule has 0 aromatic carbocycles. The molecule has 50 valence electrons. The molecule has 2 aliphatic rings. The SMILES string of the molecule is CC1=C2NOC[C@@H]2CO1. The zero-order valence-electron chi connectivity index (χ0n) is 5.31. The molecule has 3 heteroatoms. The lowest BCUT2D eigenvalue weighted by molar-refractivity contribution is 0.0819. The molecular formula is C6H9NO2. The van der Waals surface area contributed by atoms with E-state index in [1.165, 1.54) is 0 Å². The number of fused-ring (bicyclic) bond motifs is 1. The Morgan fingerprint density at radius 2 is 2.44 bits per heavy atom. The van der Waals surface area contributed by atoms with Crippen LogP contribution in [-0.4, -0.2) is 13.2 Å². The van der Waals surface area contributed by atoms with Gasteiger partial charge in [-0.25, -0.2) is 0 Å². The zero-order valence-corrected chi connectivity index (χ0v) is 5.31. The van der Waals surface area contributed by atoms with Crippen molar-refractivity contribution in [1.82, 2.24) is 5.48 Å². The van der Waals surface area contributed by atoms with Crippen LogP contribution in [0.5, 0.6) is 0 Å². The minimum absolute atomic E-state index is 0.477. The van der Waals surface area contributed by atoms with Gasteiger partial charge in [-0.05, 0) is 6.92 Å². The highest BCUT2D eigenvalue weighted by Crippen LogP contribution is 2.26. The summed E-state index contributed by atoms with van der Waals surface area (Å²) in [6.07, 6.45) is 0. The molecule has 9 heavy (non-hydrogen) atoms. The van der Waals surface area contributed by atoms with Crippen molar-refractivity contribution in [2.75, 3.05) is 13.2 Å². The van der Waals surface area contributed by atoms with Crippen LogP contribution in [0, 0.1) is 5.92 Å². The molecule has 1 N–H and O–H groups in total. The first-order valence-corrected chi connectivity index (χ1v) is 3.09. The van der Waals surface area contributed by atoms with Gasteiger partial charge in [0, 0.05) is 0 Å². The van der Waals surface area contributed by atoms with Crippen molar-refractivity contribution in [1.29, 1.82) is 0 Å². The van der Waals surface area contributed by atoms with Crippen LogP contribution in [0.15, 0.2) is 11.5 Å². The molecule has 2 heterocycles. The summed E-state index contributed by atoms with van der Waals surface area (Å²) in [5.41, 5.74) is 3.96. The highest BCUT2D eigenvalue weighted by Gasteiger charge is 2.30. The first-order valence-electron chi connectivity index (χ1n) is 3.09. The first kappa shape index (κ1) is 5.11. The fourth-order valence-corrected chi connectivity index (χ4v) is 1.18. The molecule has 0 bridgehead atoms. The fraction of sp³-hybridized carbons (Fsp3) is 0.667. The standard InChI is InChI=1S/C6H9NO2/c1-4-6-5(2-8-4)3-9-7-6/h5,7H,2-3H2,1H3/t5-/m0/s1. The third-order valence-corrected chi connectivity index (χ3v) is 1.76. The minimum Gasteiger partial charge on any atom is -0.496 e. The second kappa shape index (κ2) is 1.64. The van der Waals surface area contributed by atoms with Crippen LogP contribution in [0.1, 0.15) is 6.92 Å². The molecular weight excluding hydrogens is 118 g/mol. The van der Waals surface area contributed by atoms with E-state index in [-0.39, 0.29) is 0 Å². The van der Waals surface area contributed by atoms with Gasteiger partial charge in [0.15, 0.2) is 0 Å². The second-order valence-corrected chi connectivity index (χ2v) is 2.39. The maximum atomic E-state index is 5.26. The lowest BCUT2D eigenvalue weighted by Gasteiger charge is -1.97. The average Bonchev–Trinajstić information content (AvgIpc) is 2.35. The molecule has 3 nitrogen and oxygen atoms in total. The monoisotopic (exact) mass is 127 g/mol. The van der Waals surface area contributed by atoms with Crippen molar-refractivity contribution in [2.24, 2.45) is 5.92 Å². The van der Waals surface area contributed by atoms with E-state index in [1.807, 2.05) is 6.92 Å². The molecule has 0 saturated carbocycles. The number of hydrogen-bond donors (Lipinski definition) is 1. The van der Waals surface area contributed by atoms with E-state index in [2.05, 4.69) is 5.48 Å². The summed E-state index contributed by atoms with van der Waals surface area (Å²) in [6, 6.07) is 0. The van der Waals surface area contributed by atoms with Gasteiger partial charge in [-0.1, -0.05) is 0 Å². The van der Waals surface area contributed by atoms with E-state index in [0.29, 0.717) is 5.92 Å². The number of hydrogen-bond acceptors (Lipinski definition) is 3. The third-order valence-electron chi connectivity index (χ3n) is 1.76. The second-order valence-electron chi connectivity index (χ2n) is 2.39. The Morgan fingerprint density at radius 3 is 3.22 bits per heavy atom. The Labute approximate surface area is 53.6 Å². The maximum Gasteiger partial charge on any atom is 0.115 e. The van der Waals surface area contributed by atoms with Crippen molar-refractivity contribution < 1.29 is 9.57 Å². The van der Waals surface area contributed by atoms with Gasteiger partial charge in [-0.3, -0.25) is 10.3 Å². The Bertz CT molecular complexity index is 164. The lowest BCUT2D eigenvalue weighted by atomic mass is 10.1. The van der Waals surface area contributed by atoms with E-state index in [9.17, 15) is 0 Å². The van der Waals surface area contributed by atoms with Gasteiger partial charge in [-0.15, -0.1) is 0 Å². The van der Waals surface area contributed by atoms with Crippen molar-refractivity contribution in [3.8, 4) is 0 Å². The molecule has 1 saturated heterocycles. The predicted molar refractivity (Wildman–Crippen MR) is 31.2 cm³/mol. The number of rotatable bonds is 0. The van der Waals surface area contributed by atoms with Gasteiger partial charge in [0.2, 0.25) is 0 Å². The Balaban J connectivity index is 2.28. The van der Waals surface area contributed by atoms with Gasteiger partial charge >= 0.3 is 0 Å². The Morgan fingerprint density at radius 1 is 1.56 bits per heavy atom. The summed E-state index contributed by atoms with van der Waals surface area (Å²) in [6.45, 7) is 3.50.